The first kappa shape index (κ1) is 20.3. The quantitative estimate of drug-likeness (QED) is 0.453. The van der Waals surface area contributed by atoms with Crippen LogP contribution in [0.1, 0.15) is 5.56 Å². The average Bonchev–Trinajstić information content (AvgIpc) is 2.72. The minimum Gasteiger partial charge on any atom is -0.341 e. The minimum absolute atomic E-state index is 0.0952. The van der Waals surface area contributed by atoms with Crippen LogP contribution >= 0.6 is 11.6 Å². The lowest BCUT2D eigenvalue weighted by molar-refractivity contribution is 0.510. The molecule has 8 heteroatoms. The third-order valence-electron chi connectivity index (χ3n) is 4.70. The number of aromatic nitrogens is 1. The molecule has 4 nitrogen and oxygen atoms in total. The average molecular weight is 446 g/mol. The van der Waals surface area contributed by atoms with E-state index in [1.807, 2.05) is 6.07 Å². The third kappa shape index (κ3) is 3.62. The van der Waals surface area contributed by atoms with Crippen LogP contribution in [0.5, 0.6) is 0 Å². The molecule has 0 aliphatic heterocycles. The molecule has 0 fully saturated rings. The van der Waals surface area contributed by atoms with Crippen molar-refractivity contribution in [1.29, 1.82) is 0 Å². The molecule has 4 aromatic rings. The first-order chi connectivity index (χ1) is 14.3. The normalized spacial score (nSPS) is 11.7. The van der Waals surface area contributed by atoms with Crippen molar-refractivity contribution in [2.24, 2.45) is 0 Å². The number of hydrogen-bond acceptors (Lipinski definition) is 3. The summed E-state index contributed by atoms with van der Waals surface area (Å²) >= 11 is 5.83. The molecule has 0 aliphatic carbocycles. The second-order valence-electron chi connectivity index (χ2n) is 6.68. The van der Waals surface area contributed by atoms with Crippen LogP contribution < -0.4 is 5.43 Å². The summed E-state index contributed by atoms with van der Waals surface area (Å²) in [6.45, 7) is 0.159. The van der Waals surface area contributed by atoms with E-state index in [0.717, 1.165) is 17.7 Å². The molecule has 3 aromatic carbocycles. The maximum atomic E-state index is 13.9. The van der Waals surface area contributed by atoms with Crippen molar-refractivity contribution in [2.45, 2.75) is 16.3 Å². The fourth-order valence-electron chi connectivity index (χ4n) is 3.20. The molecule has 0 aliphatic rings. The molecular weight excluding hydrogens is 432 g/mol. The minimum atomic E-state index is -4.22. The number of hydrogen-bond donors (Lipinski definition) is 0. The van der Waals surface area contributed by atoms with Crippen molar-refractivity contribution >= 4 is 32.3 Å². The number of rotatable bonds is 4. The molecule has 30 heavy (non-hydrogen) atoms. The van der Waals surface area contributed by atoms with Gasteiger partial charge in [0.15, 0.2) is 11.6 Å². The Morgan fingerprint density at radius 3 is 2.20 bits per heavy atom. The van der Waals surface area contributed by atoms with Gasteiger partial charge in [-0.15, -0.1) is 0 Å². The monoisotopic (exact) mass is 445 g/mol. The van der Waals surface area contributed by atoms with Gasteiger partial charge in [-0.3, -0.25) is 4.79 Å². The molecule has 0 N–H and O–H groups in total. The van der Waals surface area contributed by atoms with Crippen LogP contribution in [0.4, 0.5) is 8.78 Å². The summed E-state index contributed by atoms with van der Waals surface area (Å²) in [7, 11) is -4.22. The Balaban J connectivity index is 2.01. The van der Waals surface area contributed by atoms with Gasteiger partial charge in [0.25, 0.3) is 0 Å². The van der Waals surface area contributed by atoms with Crippen LogP contribution in [0.15, 0.2) is 87.5 Å². The Bertz CT molecular complexity index is 1420. The van der Waals surface area contributed by atoms with E-state index in [1.54, 1.807) is 24.3 Å². The summed E-state index contributed by atoms with van der Waals surface area (Å²) < 4.78 is 55.5. The van der Waals surface area contributed by atoms with Crippen LogP contribution in [0.3, 0.4) is 0 Å². The topological polar surface area (TPSA) is 56.1 Å². The number of pyridine rings is 1. The van der Waals surface area contributed by atoms with Crippen molar-refractivity contribution < 1.29 is 17.2 Å². The molecule has 0 saturated heterocycles. The van der Waals surface area contributed by atoms with E-state index in [2.05, 4.69) is 0 Å². The molecule has 0 amide bonds. The van der Waals surface area contributed by atoms with Gasteiger partial charge in [-0.2, -0.15) is 0 Å². The number of nitrogens with zero attached hydrogens (tertiary/aromatic N) is 1. The number of sulfone groups is 1. The van der Waals surface area contributed by atoms with Crippen LogP contribution in [0.25, 0.3) is 10.9 Å². The van der Waals surface area contributed by atoms with Crippen molar-refractivity contribution in [3.63, 3.8) is 0 Å². The summed E-state index contributed by atoms with van der Waals surface area (Å²) in [5.74, 6) is -2.36. The van der Waals surface area contributed by atoms with Gasteiger partial charge < -0.3 is 4.57 Å². The van der Waals surface area contributed by atoms with E-state index in [0.29, 0.717) is 5.02 Å². The van der Waals surface area contributed by atoms with Gasteiger partial charge in [-0.1, -0.05) is 41.9 Å². The van der Waals surface area contributed by atoms with Gasteiger partial charge in [-0.25, -0.2) is 17.2 Å². The molecule has 0 bridgehead atoms. The predicted molar refractivity (Wildman–Crippen MR) is 111 cm³/mol. The van der Waals surface area contributed by atoms with E-state index in [4.69, 9.17) is 11.6 Å². The van der Waals surface area contributed by atoms with Crippen molar-refractivity contribution in [3.05, 3.63) is 105 Å². The molecule has 1 heterocycles. The largest absolute Gasteiger partial charge is 0.341 e. The van der Waals surface area contributed by atoms with Gasteiger partial charge in [0, 0.05) is 23.8 Å². The summed E-state index contributed by atoms with van der Waals surface area (Å²) in [4.78, 5) is 12.3. The van der Waals surface area contributed by atoms with Gasteiger partial charge in [0.1, 0.15) is 4.90 Å². The lowest BCUT2D eigenvalue weighted by Crippen LogP contribution is -2.20. The highest BCUT2D eigenvalue weighted by Gasteiger charge is 2.24. The first-order valence-corrected chi connectivity index (χ1v) is 10.7. The number of halogens is 3. The number of benzene rings is 3. The Hall–Kier alpha value is -3.03. The fourth-order valence-corrected chi connectivity index (χ4v) is 4.70. The SMILES string of the molecule is O=c1c(S(=O)(=O)c2ccc(Cl)cc2)cn(Cc2ccccc2)c2cc(F)c(F)cc12. The Kier molecular flexibility index (Phi) is 5.17. The highest BCUT2D eigenvalue weighted by Crippen LogP contribution is 2.24. The van der Waals surface area contributed by atoms with Gasteiger partial charge in [-0.05, 0) is 35.9 Å². The van der Waals surface area contributed by atoms with Gasteiger partial charge in [0.2, 0.25) is 15.3 Å². The lowest BCUT2D eigenvalue weighted by Gasteiger charge is -2.14. The van der Waals surface area contributed by atoms with Crippen LogP contribution in [0, 0.1) is 11.6 Å². The first-order valence-electron chi connectivity index (χ1n) is 8.84. The van der Waals surface area contributed by atoms with E-state index >= 15 is 0 Å². The highest BCUT2D eigenvalue weighted by molar-refractivity contribution is 7.91. The van der Waals surface area contributed by atoms with E-state index < -0.39 is 31.8 Å². The second-order valence-corrected chi connectivity index (χ2v) is 9.03. The van der Waals surface area contributed by atoms with Crippen molar-refractivity contribution in [1.82, 2.24) is 4.57 Å². The zero-order valence-corrected chi connectivity index (χ0v) is 16.9. The van der Waals surface area contributed by atoms with Crippen molar-refractivity contribution in [2.75, 3.05) is 0 Å². The summed E-state index contributed by atoms with van der Waals surface area (Å²) in [5, 5.41) is 0.117. The van der Waals surface area contributed by atoms with E-state index in [-0.39, 0.29) is 22.3 Å². The molecule has 0 radical (unpaired) electrons. The summed E-state index contributed by atoms with van der Waals surface area (Å²) in [5.41, 5.74) is -0.0111. The third-order valence-corrected chi connectivity index (χ3v) is 6.71. The molecule has 0 saturated carbocycles. The molecule has 152 valence electrons. The van der Waals surface area contributed by atoms with Crippen LogP contribution in [-0.4, -0.2) is 13.0 Å². The zero-order chi connectivity index (χ0) is 21.5. The van der Waals surface area contributed by atoms with Crippen molar-refractivity contribution in [3.8, 4) is 0 Å². The fraction of sp³-hybridized carbons (Fsp3) is 0.0455. The maximum absolute atomic E-state index is 13.9. The zero-order valence-electron chi connectivity index (χ0n) is 15.3. The highest BCUT2D eigenvalue weighted by atomic mass is 35.5. The van der Waals surface area contributed by atoms with Crippen LogP contribution in [0.2, 0.25) is 5.02 Å². The van der Waals surface area contributed by atoms with E-state index in [1.165, 1.54) is 35.0 Å². The lowest BCUT2D eigenvalue weighted by atomic mass is 10.1. The van der Waals surface area contributed by atoms with Gasteiger partial charge >= 0.3 is 0 Å². The molecule has 0 atom stereocenters. The van der Waals surface area contributed by atoms with Gasteiger partial charge in [0.05, 0.1) is 15.8 Å². The molecule has 0 unspecified atom stereocenters. The molecule has 4 rings (SSSR count). The maximum Gasteiger partial charge on any atom is 0.211 e. The van der Waals surface area contributed by atoms with E-state index in [9.17, 15) is 22.0 Å². The molecular formula is C22H14ClF2NO3S. The predicted octanol–water partition coefficient (Wildman–Crippen LogP) is 4.81. The second kappa shape index (κ2) is 7.66. The summed E-state index contributed by atoms with van der Waals surface area (Å²) in [6.07, 6.45) is 1.17. The Labute approximate surface area is 175 Å². The molecule has 0 spiro atoms. The number of fused-ring (bicyclic) bond motifs is 1. The Morgan fingerprint density at radius 1 is 0.900 bits per heavy atom. The molecule has 1 aromatic heterocycles. The Morgan fingerprint density at radius 2 is 1.53 bits per heavy atom. The smallest absolute Gasteiger partial charge is 0.211 e. The standard InChI is InChI=1S/C22H14ClF2NO3S/c23-15-6-8-16(9-7-15)30(28,29)21-13-26(12-14-4-2-1-3-5-14)20-11-19(25)18(24)10-17(20)22(21)27/h1-11,13H,12H2. The van der Waals surface area contributed by atoms with Crippen LogP contribution in [-0.2, 0) is 16.4 Å². The summed E-state index contributed by atoms with van der Waals surface area (Å²) in [6, 6.07) is 16.0.